The van der Waals surface area contributed by atoms with Gasteiger partial charge in [0.1, 0.15) is 34.3 Å². The zero-order valence-corrected chi connectivity index (χ0v) is 20.2. The van der Waals surface area contributed by atoms with E-state index in [1.54, 1.807) is 6.07 Å². The van der Waals surface area contributed by atoms with Crippen LogP contribution in [0.2, 0.25) is 0 Å². The molecule has 3 N–H and O–H groups in total. The Labute approximate surface area is 203 Å². The molecule has 11 heteroatoms. The van der Waals surface area contributed by atoms with Crippen molar-refractivity contribution in [2.45, 2.75) is 36.6 Å². The van der Waals surface area contributed by atoms with Crippen molar-refractivity contribution in [3.8, 4) is 11.1 Å². The molecule has 0 amide bonds. The monoisotopic (exact) mass is 547 g/mol. The van der Waals surface area contributed by atoms with E-state index in [1.807, 2.05) is 6.20 Å². The van der Waals surface area contributed by atoms with Gasteiger partial charge in [0.2, 0.25) is 0 Å². The van der Waals surface area contributed by atoms with Crippen molar-refractivity contribution in [1.82, 2.24) is 14.5 Å². The quantitative estimate of drug-likeness (QED) is 0.336. The van der Waals surface area contributed by atoms with Gasteiger partial charge in [-0.15, -0.1) is 0 Å². The van der Waals surface area contributed by atoms with Crippen molar-refractivity contribution >= 4 is 48.5 Å². The molecule has 1 fully saturated rings. The topological polar surface area (TPSA) is 103 Å². The van der Waals surface area contributed by atoms with Crippen LogP contribution in [-0.2, 0) is 10.0 Å². The van der Waals surface area contributed by atoms with Crippen LogP contribution in [0.3, 0.4) is 0 Å². The third-order valence-corrected chi connectivity index (χ3v) is 7.96. The van der Waals surface area contributed by atoms with E-state index in [-0.39, 0.29) is 17.5 Å². The first kappa shape index (κ1) is 22.7. The predicted octanol–water partition coefficient (Wildman–Crippen LogP) is 5.64. The molecular weight excluding hydrogens is 528 g/mol. The van der Waals surface area contributed by atoms with Crippen LogP contribution in [0.25, 0.3) is 22.2 Å². The smallest absolute Gasteiger partial charge is 0.264 e. The Bertz CT molecular complexity index is 1520. The Morgan fingerprint density at radius 2 is 1.82 bits per heavy atom. The number of nitrogens with zero attached hydrogens (tertiary/aromatic N) is 3. The maximum Gasteiger partial charge on any atom is 0.264 e. The number of nitrogens with two attached hydrogens (primary N) is 1. The maximum atomic E-state index is 15.1. The maximum absolute atomic E-state index is 15.1. The summed E-state index contributed by atoms with van der Waals surface area (Å²) in [6.45, 7) is 0. The number of rotatable bonds is 5. The van der Waals surface area contributed by atoms with Crippen LogP contribution in [0, 0.1) is 11.6 Å². The van der Waals surface area contributed by atoms with Crippen LogP contribution in [0.1, 0.15) is 31.7 Å². The van der Waals surface area contributed by atoms with Crippen molar-refractivity contribution in [1.29, 1.82) is 0 Å². The summed E-state index contributed by atoms with van der Waals surface area (Å²) in [5.41, 5.74) is 7.71. The molecule has 2 heterocycles. The average Bonchev–Trinajstić information content (AvgIpc) is 3.43. The van der Waals surface area contributed by atoms with Gasteiger partial charge in [-0.2, -0.15) is 0 Å². The Morgan fingerprint density at radius 1 is 1.06 bits per heavy atom. The molecule has 7 nitrogen and oxygen atoms in total. The Balaban J connectivity index is 1.53. The van der Waals surface area contributed by atoms with Crippen molar-refractivity contribution < 1.29 is 17.2 Å². The van der Waals surface area contributed by atoms with Gasteiger partial charge in [-0.1, -0.05) is 34.8 Å². The second-order valence-electron chi connectivity index (χ2n) is 8.22. The summed E-state index contributed by atoms with van der Waals surface area (Å²) in [4.78, 5) is 7.94. The lowest BCUT2D eigenvalue weighted by molar-refractivity contribution is 0.532. The second-order valence-corrected chi connectivity index (χ2v) is 10.8. The number of benzene rings is 2. The highest BCUT2D eigenvalue weighted by molar-refractivity contribution is 9.10. The number of hydrogen-bond donors (Lipinski definition) is 2. The van der Waals surface area contributed by atoms with Crippen molar-refractivity contribution in [3.63, 3.8) is 0 Å². The first-order chi connectivity index (χ1) is 16.2. The molecule has 4 aromatic rings. The molecular formula is C23H20BrF2N5O2S. The number of aromatic nitrogens is 3. The molecule has 0 aliphatic heterocycles. The lowest BCUT2D eigenvalue weighted by Crippen LogP contribution is -2.15. The lowest BCUT2D eigenvalue weighted by atomic mass is 10.1. The Morgan fingerprint density at radius 3 is 2.53 bits per heavy atom. The molecule has 34 heavy (non-hydrogen) atoms. The zero-order chi connectivity index (χ0) is 24.0. The van der Waals surface area contributed by atoms with Gasteiger partial charge < -0.3 is 10.3 Å². The van der Waals surface area contributed by atoms with Crippen molar-refractivity contribution in [3.05, 3.63) is 65.0 Å². The average molecular weight is 548 g/mol. The zero-order valence-electron chi connectivity index (χ0n) is 17.8. The first-order valence-electron chi connectivity index (χ1n) is 10.6. The van der Waals surface area contributed by atoms with Gasteiger partial charge in [0.05, 0.1) is 11.1 Å². The summed E-state index contributed by atoms with van der Waals surface area (Å²) in [5.74, 6) is -1.47. The Kier molecular flexibility index (Phi) is 5.76. The first-order valence-corrected chi connectivity index (χ1v) is 12.9. The van der Waals surface area contributed by atoms with Crippen LogP contribution >= 0.6 is 15.9 Å². The van der Waals surface area contributed by atoms with Gasteiger partial charge in [0.25, 0.3) is 10.0 Å². The molecule has 1 aliphatic carbocycles. The fraction of sp³-hybridized carbons (Fsp3) is 0.217. The van der Waals surface area contributed by atoms with Gasteiger partial charge in [0, 0.05) is 22.3 Å². The molecule has 0 radical (unpaired) electrons. The fourth-order valence-electron chi connectivity index (χ4n) is 4.45. The summed E-state index contributed by atoms with van der Waals surface area (Å²) in [5, 5.41) is 0.624. The summed E-state index contributed by atoms with van der Waals surface area (Å²) < 4.78 is 59.1. The molecule has 0 atom stereocenters. The molecule has 2 aromatic carbocycles. The number of nitrogens with one attached hydrogen (secondary N) is 1. The predicted molar refractivity (Wildman–Crippen MR) is 130 cm³/mol. The molecule has 1 aliphatic rings. The standard InChI is InChI=1S/C23H20BrF2N5O2S/c24-14-6-8-20(18(26)10-14)34(32,33)30-19-7-5-13(9-17(19)25)16-11-31(15-3-1-2-4-15)23-21(16)22(27)28-12-29-23/h5-12,15,30H,1-4H2,(H2,27,28,29). The highest BCUT2D eigenvalue weighted by Crippen LogP contribution is 2.39. The van der Waals surface area contributed by atoms with E-state index in [0.29, 0.717) is 26.6 Å². The minimum Gasteiger partial charge on any atom is -0.383 e. The van der Waals surface area contributed by atoms with Gasteiger partial charge >= 0.3 is 0 Å². The normalized spacial score (nSPS) is 14.7. The third kappa shape index (κ3) is 4.03. The molecule has 0 bridgehead atoms. The van der Waals surface area contributed by atoms with Crippen LogP contribution in [-0.4, -0.2) is 23.0 Å². The highest BCUT2D eigenvalue weighted by atomic mass is 79.9. The minimum atomic E-state index is -4.34. The number of anilines is 2. The van der Waals surface area contributed by atoms with Crippen molar-refractivity contribution in [2.24, 2.45) is 0 Å². The summed E-state index contributed by atoms with van der Waals surface area (Å²) in [7, 11) is -4.34. The minimum absolute atomic E-state index is 0.280. The largest absolute Gasteiger partial charge is 0.383 e. The molecule has 0 unspecified atom stereocenters. The van der Waals surface area contributed by atoms with E-state index >= 15 is 4.39 Å². The summed E-state index contributed by atoms with van der Waals surface area (Å²) >= 11 is 3.08. The number of nitrogen functional groups attached to an aromatic ring is 1. The van der Waals surface area contributed by atoms with E-state index in [9.17, 15) is 12.8 Å². The molecule has 176 valence electrons. The lowest BCUT2D eigenvalue weighted by Gasteiger charge is -2.12. The van der Waals surface area contributed by atoms with Crippen molar-refractivity contribution in [2.75, 3.05) is 10.5 Å². The number of halogens is 3. The van der Waals surface area contributed by atoms with Crippen LogP contribution in [0.5, 0.6) is 0 Å². The van der Waals surface area contributed by atoms with Crippen LogP contribution in [0.4, 0.5) is 20.3 Å². The van der Waals surface area contributed by atoms with Gasteiger partial charge in [-0.05, 0) is 48.7 Å². The molecule has 1 saturated carbocycles. The molecule has 5 rings (SSSR count). The molecule has 2 aromatic heterocycles. The third-order valence-electron chi connectivity index (χ3n) is 6.06. The van der Waals surface area contributed by atoms with E-state index in [0.717, 1.165) is 37.8 Å². The Hall–Kier alpha value is -3.05. The van der Waals surface area contributed by atoms with E-state index < -0.39 is 26.6 Å². The summed E-state index contributed by atoms with van der Waals surface area (Å²) in [6.07, 6.45) is 7.61. The number of fused-ring (bicyclic) bond motifs is 1. The summed E-state index contributed by atoms with van der Waals surface area (Å²) in [6, 6.07) is 7.91. The molecule has 0 spiro atoms. The van der Waals surface area contributed by atoms with E-state index in [1.165, 1.54) is 24.5 Å². The van der Waals surface area contributed by atoms with Crippen LogP contribution < -0.4 is 10.5 Å². The molecule has 0 saturated heterocycles. The van der Waals surface area contributed by atoms with E-state index in [4.69, 9.17) is 5.73 Å². The fourth-order valence-corrected chi connectivity index (χ4v) is 5.91. The van der Waals surface area contributed by atoms with Gasteiger partial charge in [-0.3, -0.25) is 4.72 Å². The SMILES string of the molecule is Nc1ncnc2c1c(-c1ccc(NS(=O)(=O)c3ccc(Br)cc3F)c(F)c1)cn2C1CCCC1. The number of sulfonamides is 1. The van der Waals surface area contributed by atoms with Gasteiger partial charge in [0.15, 0.2) is 0 Å². The van der Waals surface area contributed by atoms with Gasteiger partial charge in [-0.25, -0.2) is 27.2 Å². The number of hydrogen-bond acceptors (Lipinski definition) is 5. The highest BCUT2D eigenvalue weighted by Gasteiger charge is 2.24. The second kappa shape index (κ2) is 8.62. The van der Waals surface area contributed by atoms with Crippen LogP contribution in [0.15, 0.2) is 58.3 Å². The van der Waals surface area contributed by atoms with E-state index in [2.05, 4.69) is 35.2 Å².